The van der Waals surface area contributed by atoms with E-state index in [0.717, 1.165) is 12.2 Å². The average molecular weight is 255 g/mol. The van der Waals surface area contributed by atoms with Crippen LogP contribution in [0, 0.1) is 0 Å². The summed E-state index contributed by atoms with van der Waals surface area (Å²) in [7, 11) is 0. The highest BCUT2D eigenvalue weighted by Gasteiger charge is 2.01. The molecule has 2 aromatic rings. The lowest BCUT2D eigenvalue weighted by atomic mass is 10.2. The minimum Gasteiger partial charge on any atom is -0.427 e. The zero-order chi connectivity index (χ0) is 13.5. The van der Waals surface area contributed by atoms with E-state index >= 15 is 0 Å². The van der Waals surface area contributed by atoms with E-state index in [9.17, 15) is 4.79 Å². The van der Waals surface area contributed by atoms with E-state index < -0.39 is 0 Å². The molecule has 2 rings (SSSR count). The maximum atomic E-state index is 11.1. The van der Waals surface area contributed by atoms with Crippen LogP contribution < -0.4 is 10.1 Å². The lowest BCUT2D eigenvalue weighted by molar-refractivity contribution is -0.134. The van der Waals surface area contributed by atoms with Crippen molar-refractivity contribution in [3.63, 3.8) is 0 Å². The van der Waals surface area contributed by atoms with Gasteiger partial charge in [-0.3, -0.25) is 4.79 Å². The molecule has 0 saturated heterocycles. The van der Waals surface area contributed by atoms with Crippen LogP contribution in [0.15, 0.2) is 54.6 Å². The van der Waals surface area contributed by atoms with Gasteiger partial charge < -0.3 is 10.1 Å². The van der Waals surface area contributed by atoms with E-state index in [1.165, 1.54) is 5.56 Å². The monoisotopic (exact) mass is 255 g/mol. The van der Waals surface area contributed by atoms with Crippen molar-refractivity contribution in [3.05, 3.63) is 60.2 Å². The zero-order valence-electron chi connectivity index (χ0n) is 10.9. The molecular weight excluding hydrogens is 238 g/mol. The lowest BCUT2D eigenvalue weighted by Gasteiger charge is -2.07. The summed E-state index contributed by atoms with van der Waals surface area (Å²) in [6.45, 7) is 2.55. The Morgan fingerprint density at radius 3 is 2.37 bits per heavy atom. The molecule has 0 spiro atoms. The van der Waals surface area contributed by atoms with Crippen LogP contribution in [0.5, 0.6) is 5.75 Å². The van der Waals surface area contributed by atoms with E-state index in [1.807, 2.05) is 30.3 Å². The largest absolute Gasteiger partial charge is 0.427 e. The van der Waals surface area contributed by atoms with E-state index in [2.05, 4.69) is 17.4 Å². The number of benzene rings is 2. The zero-order valence-corrected chi connectivity index (χ0v) is 10.9. The second-order valence-electron chi connectivity index (χ2n) is 4.19. The van der Waals surface area contributed by atoms with Crippen LogP contribution in [0.4, 0.5) is 5.69 Å². The lowest BCUT2D eigenvalue weighted by Crippen LogP contribution is -2.05. The van der Waals surface area contributed by atoms with Crippen molar-refractivity contribution in [2.45, 2.75) is 19.9 Å². The van der Waals surface area contributed by atoms with Gasteiger partial charge >= 0.3 is 5.97 Å². The summed E-state index contributed by atoms with van der Waals surface area (Å²) < 4.78 is 5.11. The Morgan fingerprint density at radius 2 is 1.74 bits per heavy atom. The van der Waals surface area contributed by atoms with Crippen molar-refractivity contribution in [2.75, 3.05) is 5.32 Å². The second-order valence-corrected chi connectivity index (χ2v) is 4.19. The molecule has 0 saturated carbocycles. The third-order valence-corrected chi connectivity index (χ3v) is 2.71. The van der Waals surface area contributed by atoms with Crippen molar-refractivity contribution in [2.24, 2.45) is 0 Å². The van der Waals surface area contributed by atoms with Gasteiger partial charge in [0.25, 0.3) is 0 Å². The van der Waals surface area contributed by atoms with Crippen molar-refractivity contribution >= 4 is 11.7 Å². The first kappa shape index (κ1) is 13.1. The van der Waals surface area contributed by atoms with Crippen LogP contribution in [0.2, 0.25) is 0 Å². The summed E-state index contributed by atoms with van der Waals surface area (Å²) in [5, 5.41) is 3.31. The number of nitrogens with one attached hydrogen (secondary N) is 1. The predicted octanol–water partition coefficient (Wildman–Crippen LogP) is 3.61. The molecule has 98 valence electrons. The van der Waals surface area contributed by atoms with Crippen LogP contribution in [-0.4, -0.2) is 5.97 Å². The first-order chi connectivity index (χ1) is 9.28. The fraction of sp³-hybridized carbons (Fsp3) is 0.188. The van der Waals surface area contributed by atoms with Crippen molar-refractivity contribution < 1.29 is 9.53 Å². The van der Waals surface area contributed by atoms with Gasteiger partial charge in [0.05, 0.1) is 0 Å². The van der Waals surface area contributed by atoms with Gasteiger partial charge in [0.2, 0.25) is 0 Å². The molecule has 2 aromatic carbocycles. The Labute approximate surface area is 113 Å². The Morgan fingerprint density at radius 1 is 1.05 bits per heavy atom. The number of anilines is 1. The van der Waals surface area contributed by atoms with Gasteiger partial charge in [0.15, 0.2) is 0 Å². The molecule has 0 aliphatic carbocycles. The summed E-state index contributed by atoms with van der Waals surface area (Å²) in [6, 6.07) is 17.6. The van der Waals surface area contributed by atoms with Crippen molar-refractivity contribution in [1.29, 1.82) is 0 Å². The Hall–Kier alpha value is -2.29. The maximum absolute atomic E-state index is 11.1. The van der Waals surface area contributed by atoms with Gasteiger partial charge in [-0.25, -0.2) is 0 Å². The van der Waals surface area contributed by atoms with Gasteiger partial charge in [-0.2, -0.15) is 0 Å². The van der Waals surface area contributed by atoms with Crippen molar-refractivity contribution in [3.8, 4) is 5.75 Å². The van der Waals surface area contributed by atoms with Crippen LogP contribution in [-0.2, 0) is 11.3 Å². The Bertz CT molecular complexity index is 520. The summed E-state index contributed by atoms with van der Waals surface area (Å²) in [4.78, 5) is 11.1. The van der Waals surface area contributed by atoms with Crippen molar-refractivity contribution in [1.82, 2.24) is 0 Å². The number of hydrogen-bond donors (Lipinski definition) is 1. The highest BCUT2D eigenvalue weighted by Crippen LogP contribution is 2.16. The van der Waals surface area contributed by atoms with E-state index in [4.69, 9.17) is 4.74 Å². The molecule has 0 aliphatic rings. The first-order valence-electron chi connectivity index (χ1n) is 6.36. The Kier molecular flexibility index (Phi) is 4.56. The molecular formula is C16H17NO2. The Balaban J connectivity index is 1.90. The molecule has 0 fully saturated rings. The van der Waals surface area contributed by atoms with Gasteiger partial charge in [-0.1, -0.05) is 37.3 Å². The third-order valence-electron chi connectivity index (χ3n) is 2.71. The molecule has 19 heavy (non-hydrogen) atoms. The molecule has 0 aromatic heterocycles. The van der Waals surface area contributed by atoms with E-state index in [0.29, 0.717) is 12.2 Å². The molecule has 0 atom stereocenters. The van der Waals surface area contributed by atoms with Crippen LogP contribution in [0.3, 0.4) is 0 Å². The highest BCUT2D eigenvalue weighted by atomic mass is 16.5. The standard InChI is InChI=1S/C16H17NO2/c1-2-16(18)19-15-10-8-14(9-11-15)17-12-13-6-4-3-5-7-13/h3-11,17H,2,12H2,1H3. The number of ether oxygens (including phenoxy) is 1. The predicted molar refractivity (Wildman–Crippen MR) is 76.1 cm³/mol. The molecule has 3 nitrogen and oxygen atoms in total. The summed E-state index contributed by atoms with van der Waals surface area (Å²) in [6.07, 6.45) is 0.383. The summed E-state index contributed by atoms with van der Waals surface area (Å²) >= 11 is 0. The SMILES string of the molecule is CCC(=O)Oc1ccc(NCc2ccccc2)cc1. The molecule has 0 heterocycles. The number of rotatable bonds is 5. The number of esters is 1. The van der Waals surface area contributed by atoms with Crippen LogP contribution >= 0.6 is 0 Å². The molecule has 0 radical (unpaired) electrons. The maximum Gasteiger partial charge on any atom is 0.310 e. The molecule has 0 unspecified atom stereocenters. The molecule has 1 N–H and O–H groups in total. The minimum absolute atomic E-state index is 0.218. The van der Waals surface area contributed by atoms with Gasteiger partial charge in [0, 0.05) is 18.7 Å². The topological polar surface area (TPSA) is 38.3 Å². The molecule has 0 aliphatic heterocycles. The van der Waals surface area contributed by atoms with Gasteiger partial charge in [-0.15, -0.1) is 0 Å². The first-order valence-corrected chi connectivity index (χ1v) is 6.36. The van der Waals surface area contributed by atoms with Gasteiger partial charge in [-0.05, 0) is 29.8 Å². The normalized spacial score (nSPS) is 9.95. The molecule has 0 bridgehead atoms. The number of carbonyl (C=O) groups excluding carboxylic acids is 1. The van der Waals surface area contributed by atoms with E-state index in [1.54, 1.807) is 19.1 Å². The summed E-state index contributed by atoms with van der Waals surface area (Å²) in [5.74, 6) is 0.363. The molecule has 3 heteroatoms. The number of carbonyl (C=O) groups is 1. The average Bonchev–Trinajstić information content (AvgIpc) is 2.47. The fourth-order valence-corrected chi connectivity index (χ4v) is 1.64. The number of hydrogen-bond acceptors (Lipinski definition) is 3. The minimum atomic E-state index is -0.218. The van der Waals surface area contributed by atoms with E-state index in [-0.39, 0.29) is 5.97 Å². The quantitative estimate of drug-likeness (QED) is 0.655. The van der Waals surface area contributed by atoms with Crippen LogP contribution in [0.1, 0.15) is 18.9 Å². The van der Waals surface area contributed by atoms with Gasteiger partial charge in [0.1, 0.15) is 5.75 Å². The van der Waals surface area contributed by atoms with Crippen LogP contribution in [0.25, 0.3) is 0 Å². The smallest absolute Gasteiger partial charge is 0.310 e. The summed E-state index contributed by atoms with van der Waals surface area (Å²) in [5.41, 5.74) is 2.23. The third kappa shape index (κ3) is 4.14. The molecule has 0 amide bonds. The second kappa shape index (κ2) is 6.59. The highest BCUT2D eigenvalue weighted by molar-refractivity contribution is 5.72. The fourth-order valence-electron chi connectivity index (χ4n) is 1.64.